The van der Waals surface area contributed by atoms with Gasteiger partial charge < -0.3 is 9.88 Å². The predicted molar refractivity (Wildman–Crippen MR) is 129 cm³/mol. The van der Waals surface area contributed by atoms with Gasteiger partial charge in [-0.25, -0.2) is 4.98 Å². The summed E-state index contributed by atoms with van der Waals surface area (Å²) in [6.07, 6.45) is 0.736. The van der Waals surface area contributed by atoms with Gasteiger partial charge in [-0.1, -0.05) is 42.5 Å². The summed E-state index contributed by atoms with van der Waals surface area (Å²) in [4.78, 5) is 44.1. The number of imidazole rings is 1. The minimum absolute atomic E-state index is 0.205. The number of amides is 3. The van der Waals surface area contributed by atoms with Crippen LogP contribution in [0.4, 0.5) is 0 Å². The molecule has 1 aliphatic heterocycles. The van der Waals surface area contributed by atoms with Crippen molar-refractivity contribution in [3.05, 3.63) is 101 Å². The quantitative estimate of drug-likeness (QED) is 0.340. The molecule has 34 heavy (non-hydrogen) atoms. The Balaban J connectivity index is 1.22. The van der Waals surface area contributed by atoms with Crippen molar-refractivity contribution in [3.63, 3.8) is 0 Å². The molecule has 170 valence electrons. The number of benzene rings is 3. The molecule has 5 rings (SSSR count). The van der Waals surface area contributed by atoms with Gasteiger partial charge in [0.2, 0.25) is 0 Å². The van der Waals surface area contributed by atoms with E-state index >= 15 is 0 Å². The van der Waals surface area contributed by atoms with E-state index in [0.29, 0.717) is 17.7 Å². The van der Waals surface area contributed by atoms with Gasteiger partial charge >= 0.3 is 0 Å². The van der Waals surface area contributed by atoms with Gasteiger partial charge in [0.15, 0.2) is 0 Å². The van der Waals surface area contributed by atoms with Crippen molar-refractivity contribution in [2.24, 2.45) is 0 Å². The first-order valence-corrected chi connectivity index (χ1v) is 11.3. The molecule has 1 aliphatic rings. The van der Waals surface area contributed by atoms with Crippen LogP contribution in [0.5, 0.6) is 0 Å². The summed E-state index contributed by atoms with van der Waals surface area (Å²) in [6.45, 7) is 3.40. The third-order valence-electron chi connectivity index (χ3n) is 6.11. The highest BCUT2D eigenvalue weighted by atomic mass is 16.2. The maximum atomic E-state index is 12.9. The van der Waals surface area contributed by atoms with Gasteiger partial charge in [-0.05, 0) is 49.2 Å². The van der Waals surface area contributed by atoms with Crippen LogP contribution in [0, 0.1) is 6.92 Å². The fourth-order valence-corrected chi connectivity index (χ4v) is 4.36. The lowest BCUT2D eigenvalue weighted by Crippen LogP contribution is -2.29. The van der Waals surface area contributed by atoms with E-state index in [-0.39, 0.29) is 29.8 Å². The predicted octanol–water partition coefficient (Wildman–Crippen LogP) is 3.96. The molecule has 1 N–H and O–H groups in total. The van der Waals surface area contributed by atoms with Crippen molar-refractivity contribution in [2.45, 2.75) is 26.4 Å². The largest absolute Gasteiger partial charge is 0.352 e. The number of rotatable bonds is 7. The summed E-state index contributed by atoms with van der Waals surface area (Å²) in [6, 6.07) is 22.0. The van der Waals surface area contributed by atoms with Crippen molar-refractivity contribution in [1.82, 2.24) is 19.8 Å². The van der Waals surface area contributed by atoms with Crippen LogP contribution in [0.25, 0.3) is 11.0 Å². The lowest BCUT2D eigenvalue weighted by atomic mass is 10.1. The molecular weight excluding hydrogens is 428 g/mol. The van der Waals surface area contributed by atoms with Crippen LogP contribution in [-0.4, -0.2) is 38.7 Å². The summed E-state index contributed by atoms with van der Waals surface area (Å²) >= 11 is 0. The number of aryl methyl sites for hydroxylation is 2. The number of nitrogens with zero attached hydrogens (tertiary/aromatic N) is 3. The molecule has 0 unspecified atom stereocenters. The van der Waals surface area contributed by atoms with Crippen LogP contribution in [0.3, 0.4) is 0 Å². The topological polar surface area (TPSA) is 84.3 Å². The SMILES string of the molecule is Cc1nc2ccccc2n1CCCNC(=O)c1ccc2c(c1)C(=O)N(Cc1ccccc1)C2=O. The second-order valence-electron chi connectivity index (χ2n) is 8.35. The van der Waals surface area contributed by atoms with E-state index in [9.17, 15) is 14.4 Å². The number of hydrogen-bond acceptors (Lipinski definition) is 4. The molecule has 3 aromatic carbocycles. The van der Waals surface area contributed by atoms with Crippen LogP contribution in [0.2, 0.25) is 0 Å². The van der Waals surface area contributed by atoms with E-state index in [1.807, 2.05) is 61.5 Å². The maximum Gasteiger partial charge on any atom is 0.261 e. The number of aromatic nitrogens is 2. The summed E-state index contributed by atoms with van der Waals surface area (Å²) in [5.41, 5.74) is 3.88. The molecule has 7 nitrogen and oxygen atoms in total. The van der Waals surface area contributed by atoms with E-state index in [1.165, 1.54) is 11.0 Å². The number of carbonyl (C=O) groups excluding carboxylic acids is 3. The molecule has 7 heteroatoms. The Morgan fingerprint density at radius 3 is 2.47 bits per heavy atom. The molecule has 0 spiro atoms. The molecule has 2 heterocycles. The zero-order chi connectivity index (χ0) is 23.7. The first-order valence-electron chi connectivity index (χ1n) is 11.3. The third-order valence-corrected chi connectivity index (χ3v) is 6.11. The first kappa shape index (κ1) is 21.6. The van der Waals surface area contributed by atoms with Gasteiger partial charge in [0, 0.05) is 18.7 Å². The van der Waals surface area contributed by atoms with E-state index in [1.54, 1.807) is 12.1 Å². The molecule has 3 amide bonds. The molecule has 0 saturated heterocycles. The second kappa shape index (κ2) is 8.94. The van der Waals surface area contributed by atoms with Crippen molar-refractivity contribution in [2.75, 3.05) is 6.54 Å². The summed E-state index contributed by atoms with van der Waals surface area (Å²) < 4.78 is 2.14. The molecule has 0 saturated carbocycles. The maximum absolute atomic E-state index is 12.9. The smallest absolute Gasteiger partial charge is 0.261 e. The highest BCUT2D eigenvalue weighted by Gasteiger charge is 2.35. The molecule has 1 aromatic heterocycles. The number of para-hydroxylation sites is 2. The highest BCUT2D eigenvalue weighted by Crippen LogP contribution is 2.25. The minimum atomic E-state index is -0.374. The average Bonchev–Trinajstić information content (AvgIpc) is 3.30. The number of imide groups is 1. The fourth-order valence-electron chi connectivity index (χ4n) is 4.36. The first-order chi connectivity index (χ1) is 16.5. The average molecular weight is 453 g/mol. The lowest BCUT2D eigenvalue weighted by Gasteiger charge is -2.13. The lowest BCUT2D eigenvalue weighted by molar-refractivity contribution is 0.0642. The number of nitrogens with one attached hydrogen (secondary N) is 1. The van der Waals surface area contributed by atoms with Crippen molar-refractivity contribution < 1.29 is 14.4 Å². The summed E-state index contributed by atoms with van der Waals surface area (Å²) in [5, 5.41) is 2.91. The Labute approximate surface area is 197 Å². The third kappa shape index (κ3) is 3.96. The Kier molecular flexibility index (Phi) is 5.67. The van der Waals surface area contributed by atoms with Gasteiger partial charge in [0.05, 0.1) is 28.7 Å². The summed E-state index contributed by atoms with van der Waals surface area (Å²) in [7, 11) is 0. The molecule has 0 fully saturated rings. The van der Waals surface area contributed by atoms with E-state index in [2.05, 4.69) is 14.9 Å². The number of hydrogen-bond donors (Lipinski definition) is 1. The number of fused-ring (bicyclic) bond motifs is 2. The molecule has 0 aliphatic carbocycles. The van der Waals surface area contributed by atoms with Crippen molar-refractivity contribution in [3.8, 4) is 0 Å². The van der Waals surface area contributed by atoms with E-state index < -0.39 is 0 Å². The van der Waals surface area contributed by atoms with E-state index in [4.69, 9.17) is 0 Å². The van der Waals surface area contributed by atoms with Gasteiger partial charge in [-0.3, -0.25) is 19.3 Å². The summed E-state index contributed by atoms with van der Waals surface area (Å²) in [5.74, 6) is -0.0362. The standard InChI is InChI=1S/C27H24N4O3/c1-18-29-23-10-5-6-11-24(23)30(18)15-7-14-28-25(32)20-12-13-21-22(16-20)27(34)31(26(21)33)17-19-8-3-2-4-9-19/h2-6,8-13,16H,7,14-15,17H2,1H3,(H,28,32). The van der Waals surface area contributed by atoms with Gasteiger partial charge in [0.1, 0.15) is 5.82 Å². The van der Waals surface area contributed by atoms with E-state index in [0.717, 1.165) is 35.4 Å². The number of carbonyl (C=O) groups is 3. The van der Waals surface area contributed by atoms with Crippen LogP contribution >= 0.6 is 0 Å². The Hall–Kier alpha value is -4.26. The molecule has 0 atom stereocenters. The monoisotopic (exact) mass is 452 g/mol. The molecule has 0 bridgehead atoms. The Bertz CT molecular complexity index is 1410. The minimum Gasteiger partial charge on any atom is -0.352 e. The van der Waals surface area contributed by atoms with Crippen LogP contribution in [-0.2, 0) is 13.1 Å². The van der Waals surface area contributed by atoms with Crippen LogP contribution in [0.1, 0.15) is 48.9 Å². The van der Waals surface area contributed by atoms with Gasteiger partial charge in [-0.2, -0.15) is 0 Å². The molecule has 4 aromatic rings. The normalized spacial score (nSPS) is 12.9. The Morgan fingerprint density at radius 2 is 1.65 bits per heavy atom. The van der Waals surface area contributed by atoms with Gasteiger partial charge in [0.25, 0.3) is 17.7 Å². The van der Waals surface area contributed by atoms with Crippen LogP contribution < -0.4 is 5.32 Å². The Morgan fingerprint density at radius 1 is 0.912 bits per heavy atom. The second-order valence-corrected chi connectivity index (χ2v) is 8.35. The zero-order valence-electron chi connectivity index (χ0n) is 18.8. The fraction of sp³-hybridized carbons (Fsp3) is 0.185. The molecular formula is C27H24N4O3. The zero-order valence-corrected chi connectivity index (χ0v) is 18.8. The van der Waals surface area contributed by atoms with Crippen LogP contribution in [0.15, 0.2) is 72.8 Å². The van der Waals surface area contributed by atoms with Gasteiger partial charge in [-0.15, -0.1) is 0 Å². The van der Waals surface area contributed by atoms with Crippen molar-refractivity contribution in [1.29, 1.82) is 0 Å². The highest BCUT2D eigenvalue weighted by molar-refractivity contribution is 6.22. The molecule has 0 radical (unpaired) electrons. The van der Waals surface area contributed by atoms with Crippen molar-refractivity contribution >= 4 is 28.8 Å².